The van der Waals surface area contributed by atoms with Crippen LogP contribution < -0.4 is 5.32 Å². The van der Waals surface area contributed by atoms with Crippen molar-refractivity contribution in [2.45, 2.75) is 92.2 Å². The lowest BCUT2D eigenvalue weighted by molar-refractivity contribution is 0.162. The van der Waals surface area contributed by atoms with Crippen molar-refractivity contribution in [1.82, 2.24) is 10.2 Å². The van der Waals surface area contributed by atoms with Gasteiger partial charge in [-0.15, -0.1) is 0 Å². The van der Waals surface area contributed by atoms with E-state index in [4.69, 9.17) is 0 Å². The number of rotatable bonds is 13. The summed E-state index contributed by atoms with van der Waals surface area (Å²) in [5, 5.41) is 3.50. The van der Waals surface area contributed by atoms with E-state index in [0.29, 0.717) is 6.04 Å². The quantitative estimate of drug-likeness (QED) is 0.494. The Morgan fingerprint density at radius 1 is 0.850 bits per heavy atom. The molecule has 0 saturated heterocycles. The lowest BCUT2D eigenvalue weighted by Gasteiger charge is -2.32. The van der Waals surface area contributed by atoms with E-state index in [0.717, 1.165) is 12.0 Å². The first-order chi connectivity index (χ1) is 9.51. The molecule has 0 aromatic heterocycles. The first-order valence-electron chi connectivity index (χ1n) is 8.98. The maximum Gasteiger partial charge on any atom is 0.00901 e. The van der Waals surface area contributed by atoms with Gasteiger partial charge in [-0.2, -0.15) is 0 Å². The summed E-state index contributed by atoms with van der Waals surface area (Å²) < 4.78 is 0. The molecule has 0 aromatic carbocycles. The molecule has 0 unspecified atom stereocenters. The summed E-state index contributed by atoms with van der Waals surface area (Å²) in [6, 6.07) is 1.42. The molecular formula is C18H40N2. The van der Waals surface area contributed by atoms with Gasteiger partial charge in [0.25, 0.3) is 0 Å². The third-order valence-corrected chi connectivity index (χ3v) is 3.98. The molecular weight excluding hydrogens is 244 g/mol. The first kappa shape index (κ1) is 19.9. The van der Waals surface area contributed by atoms with Crippen LogP contribution in [0.3, 0.4) is 0 Å². The second-order valence-corrected chi connectivity index (χ2v) is 6.88. The largest absolute Gasteiger partial charge is 0.315 e. The van der Waals surface area contributed by atoms with Crippen molar-refractivity contribution in [1.29, 1.82) is 0 Å². The van der Waals surface area contributed by atoms with E-state index in [1.807, 2.05) is 0 Å². The van der Waals surface area contributed by atoms with Crippen molar-refractivity contribution in [3.63, 3.8) is 0 Å². The van der Waals surface area contributed by atoms with Gasteiger partial charge in [-0.05, 0) is 44.7 Å². The molecule has 0 radical (unpaired) electrons. The fourth-order valence-corrected chi connectivity index (χ4v) is 2.88. The molecule has 20 heavy (non-hydrogen) atoms. The number of hydrogen-bond donors (Lipinski definition) is 1. The first-order valence-corrected chi connectivity index (χ1v) is 8.98. The highest BCUT2D eigenvalue weighted by Crippen LogP contribution is 2.13. The van der Waals surface area contributed by atoms with E-state index in [-0.39, 0.29) is 0 Å². The highest BCUT2D eigenvalue weighted by atomic mass is 15.1. The van der Waals surface area contributed by atoms with Crippen LogP contribution in [0.15, 0.2) is 0 Å². The predicted octanol–water partition coefficient (Wildman–Crippen LogP) is 4.69. The average molecular weight is 285 g/mol. The molecule has 0 bridgehead atoms. The summed E-state index contributed by atoms with van der Waals surface area (Å²) in [4.78, 5) is 2.73. The Morgan fingerprint density at radius 3 is 1.95 bits per heavy atom. The summed E-state index contributed by atoms with van der Waals surface area (Å²) in [7, 11) is 0. The second-order valence-electron chi connectivity index (χ2n) is 6.88. The monoisotopic (exact) mass is 284 g/mol. The van der Waals surface area contributed by atoms with E-state index in [1.54, 1.807) is 0 Å². The van der Waals surface area contributed by atoms with Crippen LogP contribution in [0.25, 0.3) is 0 Å². The molecule has 0 atom stereocenters. The number of unbranched alkanes of at least 4 members (excludes halogenated alkanes) is 3. The van der Waals surface area contributed by atoms with Gasteiger partial charge < -0.3 is 10.2 Å². The van der Waals surface area contributed by atoms with Gasteiger partial charge >= 0.3 is 0 Å². The van der Waals surface area contributed by atoms with Crippen molar-refractivity contribution in [3.05, 3.63) is 0 Å². The molecule has 0 amide bonds. The molecule has 0 rings (SSSR count). The van der Waals surface area contributed by atoms with Gasteiger partial charge in [0.15, 0.2) is 0 Å². The molecule has 0 heterocycles. The Bertz CT molecular complexity index is 198. The van der Waals surface area contributed by atoms with Crippen molar-refractivity contribution in [2.24, 2.45) is 5.92 Å². The van der Waals surface area contributed by atoms with Crippen LogP contribution in [0.4, 0.5) is 0 Å². The minimum absolute atomic E-state index is 0.631. The van der Waals surface area contributed by atoms with Gasteiger partial charge in [0, 0.05) is 18.6 Å². The van der Waals surface area contributed by atoms with E-state index < -0.39 is 0 Å². The Kier molecular flexibility index (Phi) is 12.6. The van der Waals surface area contributed by atoms with Crippen LogP contribution in [-0.2, 0) is 0 Å². The van der Waals surface area contributed by atoms with Crippen LogP contribution in [0.2, 0.25) is 0 Å². The van der Waals surface area contributed by atoms with Crippen LogP contribution in [0, 0.1) is 5.92 Å². The van der Waals surface area contributed by atoms with Gasteiger partial charge in [0.2, 0.25) is 0 Å². The maximum atomic E-state index is 3.50. The highest BCUT2D eigenvalue weighted by Gasteiger charge is 2.15. The molecule has 1 N–H and O–H groups in total. The third-order valence-electron chi connectivity index (χ3n) is 3.98. The van der Waals surface area contributed by atoms with Crippen LogP contribution in [-0.4, -0.2) is 36.6 Å². The van der Waals surface area contributed by atoms with Crippen LogP contribution in [0.1, 0.15) is 80.1 Å². The maximum absolute atomic E-state index is 3.50. The molecule has 0 aromatic rings. The minimum atomic E-state index is 0.631. The normalized spacial score (nSPS) is 12.3. The van der Waals surface area contributed by atoms with Gasteiger partial charge in [0.05, 0.1) is 0 Å². The summed E-state index contributed by atoms with van der Waals surface area (Å²) >= 11 is 0. The fraction of sp³-hybridized carbons (Fsp3) is 1.00. The van der Waals surface area contributed by atoms with Crippen molar-refractivity contribution >= 4 is 0 Å². The molecule has 0 aliphatic carbocycles. The molecule has 122 valence electrons. The van der Waals surface area contributed by atoms with Crippen LogP contribution >= 0.6 is 0 Å². The number of hydrogen-bond acceptors (Lipinski definition) is 2. The zero-order valence-electron chi connectivity index (χ0n) is 15.0. The SMILES string of the molecule is CCC(CC)N(CCCCCCNC(C)C)CC(C)C. The van der Waals surface area contributed by atoms with Crippen molar-refractivity contribution in [2.75, 3.05) is 19.6 Å². The Hall–Kier alpha value is -0.0800. The van der Waals surface area contributed by atoms with E-state index >= 15 is 0 Å². The average Bonchev–Trinajstić information content (AvgIpc) is 2.37. The molecule has 2 nitrogen and oxygen atoms in total. The molecule has 0 saturated carbocycles. The van der Waals surface area contributed by atoms with Crippen molar-refractivity contribution < 1.29 is 0 Å². The van der Waals surface area contributed by atoms with Crippen LogP contribution in [0.5, 0.6) is 0 Å². The summed E-state index contributed by atoms with van der Waals surface area (Å²) in [5.74, 6) is 0.783. The van der Waals surface area contributed by atoms with Crippen molar-refractivity contribution in [3.8, 4) is 0 Å². The predicted molar refractivity (Wildman–Crippen MR) is 92.4 cm³/mol. The minimum Gasteiger partial charge on any atom is -0.315 e. The Morgan fingerprint density at radius 2 is 1.45 bits per heavy atom. The summed E-state index contributed by atoms with van der Waals surface area (Å²) in [6.45, 7) is 17.5. The molecule has 0 aliphatic heterocycles. The fourth-order valence-electron chi connectivity index (χ4n) is 2.88. The Labute approximate surface area is 128 Å². The smallest absolute Gasteiger partial charge is 0.00901 e. The molecule has 0 aliphatic rings. The molecule has 0 spiro atoms. The van der Waals surface area contributed by atoms with E-state index in [2.05, 4.69) is 51.8 Å². The van der Waals surface area contributed by atoms with E-state index in [1.165, 1.54) is 58.2 Å². The van der Waals surface area contributed by atoms with Gasteiger partial charge in [-0.3, -0.25) is 0 Å². The lowest BCUT2D eigenvalue weighted by Crippen LogP contribution is -2.38. The summed E-state index contributed by atoms with van der Waals surface area (Å²) in [6.07, 6.45) is 8.04. The molecule has 0 fully saturated rings. The zero-order chi connectivity index (χ0) is 15.4. The molecule has 2 heteroatoms. The lowest BCUT2D eigenvalue weighted by atomic mass is 10.1. The highest BCUT2D eigenvalue weighted by molar-refractivity contribution is 4.70. The standard InChI is InChI=1S/C18H40N2/c1-7-18(8-2)20(15-16(3)4)14-12-10-9-11-13-19-17(5)6/h16-19H,7-15H2,1-6H3. The second kappa shape index (κ2) is 12.6. The Balaban J connectivity index is 3.79. The number of nitrogens with one attached hydrogen (secondary N) is 1. The van der Waals surface area contributed by atoms with Gasteiger partial charge in [0.1, 0.15) is 0 Å². The van der Waals surface area contributed by atoms with E-state index in [9.17, 15) is 0 Å². The zero-order valence-corrected chi connectivity index (χ0v) is 15.0. The summed E-state index contributed by atoms with van der Waals surface area (Å²) in [5.41, 5.74) is 0. The topological polar surface area (TPSA) is 15.3 Å². The van der Waals surface area contributed by atoms with Gasteiger partial charge in [-0.1, -0.05) is 54.4 Å². The third kappa shape index (κ3) is 10.7. The number of nitrogens with zero attached hydrogens (tertiary/aromatic N) is 1. The van der Waals surface area contributed by atoms with Gasteiger partial charge in [-0.25, -0.2) is 0 Å².